The maximum atomic E-state index is 13.0. The molecule has 3 saturated carbocycles. The van der Waals surface area contributed by atoms with Gasteiger partial charge < -0.3 is 10.5 Å². The van der Waals surface area contributed by atoms with E-state index in [0.29, 0.717) is 5.76 Å². The van der Waals surface area contributed by atoms with Crippen molar-refractivity contribution in [2.24, 2.45) is 38.2 Å². The molecule has 35 heavy (non-hydrogen) atoms. The Morgan fingerprint density at radius 1 is 0.914 bits per heavy atom. The van der Waals surface area contributed by atoms with Crippen LogP contribution in [0.2, 0.25) is 0 Å². The van der Waals surface area contributed by atoms with Crippen LogP contribution in [0.15, 0.2) is 46.3 Å². The Labute approximate surface area is 211 Å². The highest BCUT2D eigenvalue weighted by atomic mass is 16.5. The first-order chi connectivity index (χ1) is 16.1. The van der Waals surface area contributed by atoms with Gasteiger partial charge in [-0.15, -0.1) is 0 Å². The van der Waals surface area contributed by atoms with Gasteiger partial charge in [0.05, 0.1) is 7.11 Å². The van der Waals surface area contributed by atoms with Gasteiger partial charge in [-0.05, 0) is 90.8 Å². The molecule has 3 fully saturated rings. The van der Waals surface area contributed by atoms with E-state index in [9.17, 15) is 9.59 Å². The summed E-state index contributed by atoms with van der Waals surface area (Å²) in [5, 5.41) is 0. The maximum absolute atomic E-state index is 13.0. The number of carbonyl (C=O) groups excluding carboxylic acids is 2. The normalized spacial score (nSPS) is 46.9. The summed E-state index contributed by atoms with van der Waals surface area (Å²) in [6, 6.07) is 0. The molecular weight excluding hydrogens is 434 g/mol. The number of hydrogen-bond acceptors (Lipinski definition) is 3. The summed E-state index contributed by atoms with van der Waals surface area (Å²) in [7, 11) is 1.58. The van der Waals surface area contributed by atoms with E-state index in [1.165, 1.54) is 5.57 Å². The van der Waals surface area contributed by atoms with E-state index in [1.807, 2.05) is 13.0 Å². The number of allylic oxidation sites excluding steroid dienone is 7. The third-order valence-electron chi connectivity index (χ3n) is 12.6. The number of nitrogens with two attached hydrogens (primary N) is 1. The molecule has 0 aromatic rings. The van der Waals surface area contributed by atoms with Gasteiger partial charge in [0.15, 0.2) is 5.76 Å². The van der Waals surface area contributed by atoms with Gasteiger partial charge in [-0.2, -0.15) is 0 Å². The largest absolute Gasteiger partial charge is 0.492 e. The van der Waals surface area contributed by atoms with Crippen molar-refractivity contribution in [2.45, 2.75) is 93.4 Å². The Balaban J connectivity index is 1.68. The van der Waals surface area contributed by atoms with Crippen molar-refractivity contribution in [3.05, 3.63) is 46.3 Å². The molecule has 5 aliphatic carbocycles. The van der Waals surface area contributed by atoms with Crippen molar-refractivity contribution in [1.82, 2.24) is 0 Å². The van der Waals surface area contributed by atoms with Crippen molar-refractivity contribution in [2.75, 3.05) is 7.11 Å². The van der Waals surface area contributed by atoms with Crippen LogP contribution in [-0.4, -0.2) is 18.8 Å². The quantitative estimate of drug-likeness (QED) is 0.488. The second-order valence-electron chi connectivity index (χ2n) is 13.7. The van der Waals surface area contributed by atoms with Crippen LogP contribution in [-0.2, 0) is 14.3 Å². The van der Waals surface area contributed by atoms with Crippen LogP contribution in [0, 0.1) is 32.5 Å². The van der Waals surface area contributed by atoms with E-state index in [4.69, 9.17) is 10.5 Å². The number of ketones is 1. The first-order valence-electron chi connectivity index (χ1n) is 13.4. The first kappa shape index (κ1) is 24.6. The van der Waals surface area contributed by atoms with Gasteiger partial charge in [0.1, 0.15) is 0 Å². The predicted octanol–water partition coefficient (Wildman–Crippen LogP) is 6.58. The standard InChI is InChI=1S/C31H43NO3/c1-19-20-9-10-23-28(4,21(20)17-22(33)24(19)35-8)14-16-30(6)29(23,5)15-13-27(3)12-11-26(2,25(32)34)18-31(27,30)7/h9-10,17H,11-16,18H2,1-8H3,(H2,32,34)/t26-,27?,28+,29-,30-,31-/m1/s1. The number of carbonyl (C=O) groups is 2. The Morgan fingerprint density at radius 3 is 2.20 bits per heavy atom. The molecule has 0 aromatic heterocycles. The summed E-state index contributed by atoms with van der Waals surface area (Å²) in [5.41, 5.74) is 10.2. The topological polar surface area (TPSA) is 69.4 Å². The van der Waals surface area contributed by atoms with E-state index >= 15 is 0 Å². The summed E-state index contributed by atoms with van der Waals surface area (Å²) in [5.74, 6) is 0.288. The molecule has 0 bridgehead atoms. The van der Waals surface area contributed by atoms with Crippen LogP contribution in [0.5, 0.6) is 0 Å². The van der Waals surface area contributed by atoms with Gasteiger partial charge in [0.2, 0.25) is 11.7 Å². The zero-order valence-corrected chi connectivity index (χ0v) is 23.0. The molecule has 4 nitrogen and oxygen atoms in total. The summed E-state index contributed by atoms with van der Waals surface area (Å²) in [6.45, 7) is 16.4. The molecule has 0 radical (unpaired) electrons. The van der Waals surface area contributed by atoms with E-state index in [2.05, 4.69) is 53.7 Å². The highest BCUT2D eigenvalue weighted by Crippen LogP contribution is 2.79. The average molecular weight is 478 g/mol. The van der Waals surface area contributed by atoms with Gasteiger partial charge in [0, 0.05) is 16.4 Å². The number of rotatable bonds is 2. The van der Waals surface area contributed by atoms with E-state index < -0.39 is 5.41 Å². The van der Waals surface area contributed by atoms with Crippen molar-refractivity contribution < 1.29 is 14.3 Å². The molecule has 2 N–H and O–H groups in total. The number of amides is 1. The lowest BCUT2D eigenvalue weighted by molar-refractivity contribution is -0.223. The molecule has 6 atom stereocenters. The van der Waals surface area contributed by atoms with E-state index in [-0.39, 0.29) is 38.8 Å². The number of hydrogen-bond donors (Lipinski definition) is 1. The second kappa shape index (κ2) is 7.01. The zero-order chi connectivity index (χ0) is 25.8. The molecule has 5 rings (SSSR count). The zero-order valence-electron chi connectivity index (χ0n) is 23.0. The molecule has 1 unspecified atom stereocenters. The van der Waals surface area contributed by atoms with Gasteiger partial charge >= 0.3 is 0 Å². The van der Waals surface area contributed by atoms with Crippen LogP contribution < -0.4 is 5.73 Å². The first-order valence-corrected chi connectivity index (χ1v) is 13.4. The Hall–Kier alpha value is -2.10. The summed E-state index contributed by atoms with van der Waals surface area (Å²) >= 11 is 0. The summed E-state index contributed by atoms with van der Waals surface area (Å²) < 4.78 is 5.46. The molecule has 0 spiro atoms. The molecule has 0 aliphatic heterocycles. The minimum absolute atomic E-state index is 0.0165. The molecule has 1 amide bonds. The third-order valence-corrected chi connectivity index (χ3v) is 12.6. The fourth-order valence-corrected chi connectivity index (χ4v) is 9.54. The third kappa shape index (κ3) is 2.69. The van der Waals surface area contributed by atoms with Gasteiger partial charge in [0.25, 0.3) is 0 Å². The Morgan fingerprint density at radius 2 is 1.57 bits per heavy atom. The SMILES string of the molecule is COC1=C(C)C2=CC=C3[C@@](C)(CC[C@]4(C)[C@]3(C)CCC3(C)CC[C@@](C)(C(N)=O)C[C@]34C)C2=CC1=O. The van der Waals surface area contributed by atoms with Crippen LogP contribution in [0.3, 0.4) is 0 Å². The number of fused-ring (bicyclic) bond motifs is 7. The number of ether oxygens (including phenoxy) is 1. The molecule has 4 heteroatoms. The fourth-order valence-electron chi connectivity index (χ4n) is 9.54. The van der Waals surface area contributed by atoms with Crippen LogP contribution in [0.25, 0.3) is 0 Å². The minimum atomic E-state index is -0.457. The van der Waals surface area contributed by atoms with Crippen LogP contribution in [0.1, 0.15) is 93.4 Å². The second-order valence-corrected chi connectivity index (χ2v) is 13.7. The molecule has 0 heterocycles. The van der Waals surface area contributed by atoms with Crippen LogP contribution >= 0.6 is 0 Å². The number of primary amides is 1. The molecular formula is C31H43NO3. The van der Waals surface area contributed by atoms with E-state index in [1.54, 1.807) is 7.11 Å². The van der Waals surface area contributed by atoms with Gasteiger partial charge in [-0.3, -0.25) is 9.59 Å². The minimum Gasteiger partial charge on any atom is -0.492 e. The van der Waals surface area contributed by atoms with Crippen molar-refractivity contribution in [3.63, 3.8) is 0 Å². The highest BCUT2D eigenvalue weighted by molar-refractivity contribution is 6.07. The van der Waals surface area contributed by atoms with Crippen LogP contribution in [0.4, 0.5) is 0 Å². The molecule has 5 aliphatic rings. The monoisotopic (exact) mass is 477 g/mol. The van der Waals surface area contributed by atoms with Gasteiger partial charge in [-0.1, -0.05) is 59.3 Å². The predicted molar refractivity (Wildman–Crippen MR) is 139 cm³/mol. The highest BCUT2D eigenvalue weighted by Gasteiger charge is 2.72. The molecule has 0 saturated heterocycles. The lowest BCUT2D eigenvalue weighted by Gasteiger charge is -2.74. The van der Waals surface area contributed by atoms with E-state index in [0.717, 1.165) is 61.7 Å². The molecule has 190 valence electrons. The fraction of sp³-hybridized carbons (Fsp3) is 0.677. The van der Waals surface area contributed by atoms with Crippen molar-refractivity contribution in [3.8, 4) is 0 Å². The lowest BCUT2D eigenvalue weighted by atomic mass is 9.29. The number of methoxy groups -OCH3 is 1. The van der Waals surface area contributed by atoms with Crippen molar-refractivity contribution >= 4 is 11.7 Å². The van der Waals surface area contributed by atoms with Gasteiger partial charge in [-0.25, -0.2) is 0 Å². The smallest absolute Gasteiger partial charge is 0.223 e. The lowest BCUT2D eigenvalue weighted by Crippen LogP contribution is -2.67. The Kier molecular flexibility index (Phi) is 4.93. The maximum Gasteiger partial charge on any atom is 0.223 e. The summed E-state index contributed by atoms with van der Waals surface area (Å²) in [6.07, 6.45) is 13.6. The van der Waals surface area contributed by atoms with Crippen molar-refractivity contribution in [1.29, 1.82) is 0 Å². The molecule has 0 aromatic carbocycles. The summed E-state index contributed by atoms with van der Waals surface area (Å²) in [4.78, 5) is 25.6. The Bertz CT molecular complexity index is 1170. The average Bonchev–Trinajstić information content (AvgIpc) is 2.78.